The lowest BCUT2D eigenvalue weighted by Crippen LogP contribution is -2.31. The van der Waals surface area contributed by atoms with Crippen molar-refractivity contribution in [3.8, 4) is 0 Å². The monoisotopic (exact) mass is 290 g/mol. The molecule has 0 spiro atoms. The molecule has 0 aliphatic heterocycles. The Morgan fingerprint density at radius 3 is 2.81 bits per heavy atom. The predicted octanol–water partition coefficient (Wildman–Crippen LogP) is 1.44. The SMILES string of the molecule is CCN(CC)C(=O)CCNc1nc(NC)cn2ccnc12. The van der Waals surface area contributed by atoms with Gasteiger partial charge in [0, 0.05) is 45.5 Å². The fourth-order valence-electron chi connectivity index (χ4n) is 2.19. The van der Waals surface area contributed by atoms with E-state index < -0.39 is 0 Å². The number of carbonyl (C=O) groups is 1. The molecule has 0 fully saturated rings. The van der Waals surface area contributed by atoms with Crippen LogP contribution in [0.25, 0.3) is 5.65 Å². The highest BCUT2D eigenvalue weighted by Crippen LogP contribution is 2.15. The van der Waals surface area contributed by atoms with E-state index in [0.717, 1.165) is 24.6 Å². The Hall–Kier alpha value is -2.31. The van der Waals surface area contributed by atoms with Gasteiger partial charge < -0.3 is 19.9 Å². The summed E-state index contributed by atoms with van der Waals surface area (Å²) in [4.78, 5) is 22.5. The first-order valence-electron chi connectivity index (χ1n) is 7.22. The van der Waals surface area contributed by atoms with Gasteiger partial charge in [-0.05, 0) is 13.8 Å². The Morgan fingerprint density at radius 1 is 1.38 bits per heavy atom. The number of hydrogen-bond acceptors (Lipinski definition) is 5. The second-order valence-corrected chi connectivity index (χ2v) is 4.63. The van der Waals surface area contributed by atoms with E-state index in [2.05, 4.69) is 20.6 Å². The van der Waals surface area contributed by atoms with Gasteiger partial charge in [-0.1, -0.05) is 0 Å². The van der Waals surface area contributed by atoms with Gasteiger partial charge in [0.25, 0.3) is 0 Å². The molecule has 2 rings (SSSR count). The molecule has 0 atom stereocenters. The van der Waals surface area contributed by atoms with Crippen LogP contribution in [-0.4, -0.2) is 51.9 Å². The summed E-state index contributed by atoms with van der Waals surface area (Å²) in [6.45, 7) is 6.00. The maximum Gasteiger partial charge on any atom is 0.224 e. The molecule has 0 aliphatic carbocycles. The highest BCUT2D eigenvalue weighted by Gasteiger charge is 2.10. The zero-order valence-corrected chi connectivity index (χ0v) is 12.8. The van der Waals surface area contributed by atoms with Crippen LogP contribution in [0.1, 0.15) is 20.3 Å². The predicted molar refractivity (Wildman–Crippen MR) is 83.6 cm³/mol. The fraction of sp³-hybridized carbons (Fsp3) is 0.500. The van der Waals surface area contributed by atoms with Crippen LogP contribution in [0.5, 0.6) is 0 Å². The maximum absolute atomic E-state index is 12.0. The summed E-state index contributed by atoms with van der Waals surface area (Å²) in [6, 6.07) is 0. The molecule has 0 saturated carbocycles. The number of anilines is 2. The van der Waals surface area contributed by atoms with E-state index in [1.165, 1.54) is 0 Å². The minimum Gasteiger partial charge on any atom is -0.372 e. The van der Waals surface area contributed by atoms with E-state index in [0.29, 0.717) is 18.8 Å². The molecule has 114 valence electrons. The van der Waals surface area contributed by atoms with Crippen molar-refractivity contribution in [3.05, 3.63) is 18.6 Å². The third-order valence-corrected chi connectivity index (χ3v) is 3.38. The zero-order chi connectivity index (χ0) is 15.2. The Balaban J connectivity index is 2.03. The number of rotatable bonds is 7. The minimum atomic E-state index is 0.150. The molecule has 21 heavy (non-hydrogen) atoms. The number of carbonyl (C=O) groups excluding carboxylic acids is 1. The van der Waals surface area contributed by atoms with Gasteiger partial charge in [-0.2, -0.15) is 0 Å². The van der Waals surface area contributed by atoms with Gasteiger partial charge >= 0.3 is 0 Å². The van der Waals surface area contributed by atoms with Crippen molar-refractivity contribution in [1.82, 2.24) is 19.3 Å². The average Bonchev–Trinajstić information content (AvgIpc) is 2.96. The zero-order valence-electron chi connectivity index (χ0n) is 12.8. The van der Waals surface area contributed by atoms with E-state index in [4.69, 9.17) is 0 Å². The number of amides is 1. The van der Waals surface area contributed by atoms with E-state index >= 15 is 0 Å². The molecule has 0 aromatic carbocycles. The van der Waals surface area contributed by atoms with Crippen molar-refractivity contribution in [2.45, 2.75) is 20.3 Å². The molecule has 1 amide bonds. The first-order valence-corrected chi connectivity index (χ1v) is 7.22. The summed E-state index contributed by atoms with van der Waals surface area (Å²) < 4.78 is 1.90. The van der Waals surface area contributed by atoms with Gasteiger partial charge in [-0.3, -0.25) is 4.79 Å². The molecule has 0 unspecified atom stereocenters. The Labute approximate surface area is 124 Å². The van der Waals surface area contributed by atoms with Crippen LogP contribution in [0.4, 0.5) is 11.6 Å². The van der Waals surface area contributed by atoms with Crippen LogP contribution < -0.4 is 10.6 Å². The van der Waals surface area contributed by atoms with Gasteiger partial charge in [0.05, 0.1) is 6.20 Å². The van der Waals surface area contributed by atoms with Crippen LogP contribution in [0, 0.1) is 0 Å². The van der Waals surface area contributed by atoms with Gasteiger partial charge in [0.2, 0.25) is 5.91 Å². The third-order valence-electron chi connectivity index (χ3n) is 3.38. The topological polar surface area (TPSA) is 74.6 Å². The van der Waals surface area contributed by atoms with Crippen LogP contribution in [0.3, 0.4) is 0 Å². The van der Waals surface area contributed by atoms with E-state index in [-0.39, 0.29) is 5.91 Å². The lowest BCUT2D eigenvalue weighted by molar-refractivity contribution is -0.130. The molecule has 2 aromatic heterocycles. The number of imidazole rings is 1. The lowest BCUT2D eigenvalue weighted by atomic mass is 10.3. The van der Waals surface area contributed by atoms with Crippen molar-refractivity contribution >= 4 is 23.2 Å². The molecule has 0 aliphatic rings. The molecule has 0 radical (unpaired) electrons. The Bertz CT molecular complexity index is 605. The van der Waals surface area contributed by atoms with Gasteiger partial charge in [-0.25, -0.2) is 9.97 Å². The Kier molecular flexibility index (Phi) is 4.97. The second kappa shape index (κ2) is 6.92. The summed E-state index contributed by atoms with van der Waals surface area (Å²) in [5.74, 6) is 1.58. The van der Waals surface area contributed by atoms with Crippen LogP contribution in [0.2, 0.25) is 0 Å². The van der Waals surface area contributed by atoms with E-state index in [1.807, 2.05) is 42.6 Å². The molecule has 0 saturated heterocycles. The summed E-state index contributed by atoms with van der Waals surface area (Å²) in [5, 5.41) is 6.21. The highest BCUT2D eigenvalue weighted by molar-refractivity contribution is 5.77. The third kappa shape index (κ3) is 3.42. The van der Waals surface area contributed by atoms with Gasteiger partial charge in [0.15, 0.2) is 11.5 Å². The average molecular weight is 290 g/mol. The second-order valence-electron chi connectivity index (χ2n) is 4.63. The highest BCUT2D eigenvalue weighted by atomic mass is 16.2. The molecule has 2 aromatic rings. The molecular weight excluding hydrogens is 268 g/mol. The van der Waals surface area contributed by atoms with Crippen molar-refractivity contribution < 1.29 is 4.79 Å². The quantitative estimate of drug-likeness (QED) is 0.807. The van der Waals surface area contributed by atoms with Crippen molar-refractivity contribution in [1.29, 1.82) is 0 Å². The number of hydrogen-bond donors (Lipinski definition) is 2. The Morgan fingerprint density at radius 2 is 2.14 bits per heavy atom. The summed E-state index contributed by atoms with van der Waals surface area (Å²) in [5.41, 5.74) is 0.754. The fourth-order valence-corrected chi connectivity index (χ4v) is 2.19. The van der Waals surface area contributed by atoms with Gasteiger partial charge in [-0.15, -0.1) is 0 Å². The largest absolute Gasteiger partial charge is 0.372 e. The normalized spacial score (nSPS) is 10.6. The number of aromatic nitrogens is 3. The molecule has 7 nitrogen and oxygen atoms in total. The summed E-state index contributed by atoms with van der Waals surface area (Å²) in [7, 11) is 1.82. The van der Waals surface area contributed by atoms with E-state index in [1.54, 1.807) is 6.20 Å². The van der Waals surface area contributed by atoms with Crippen molar-refractivity contribution in [3.63, 3.8) is 0 Å². The molecule has 2 N–H and O–H groups in total. The summed E-state index contributed by atoms with van der Waals surface area (Å²) >= 11 is 0. The number of nitrogens with zero attached hydrogens (tertiary/aromatic N) is 4. The molecule has 7 heteroatoms. The summed E-state index contributed by atoms with van der Waals surface area (Å²) in [6.07, 6.45) is 5.90. The maximum atomic E-state index is 12.0. The molecular formula is C14H22N6O. The van der Waals surface area contributed by atoms with Crippen molar-refractivity contribution in [2.24, 2.45) is 0 Å². The van der Waals surface area contributed by atoms with Crippen LogP contribution in [0.15, 0.2) is 18.6 Å². The van der Waals surface area contributed by atoms with Crippen molar-refractivity contribution in [2.75, 3.05) is 37.3 Å². The number of nitrogens with one attached hydrogen (secondary N) is 2. The van der Waals surface area contributed by atoms with Gasteiger partial charge in [0.1, 0.15) is 5.82 Å². The smallest absolute Gasteiger partial charge is 0.224 e. The standard InChI is InChI=1S/C14H22N6O/c1-4-19(5-2)12(21)6-7-16-13-14-17-8-9-20(14)10-11(15-3)18-13/h8-10,15H,4-7H2,1-3H3,(H,16,18). The molecule has 0 bridgehead atoms. The minimum absolute atomic E-state index is 0.150. The van der Waals surface area contributed by atoms with E-state index in [9.17, 15) is 4.79 Å². The molecule has 2 heterocycles. The lowest BCUT2D eigenvalue weighted by Gasteiger charge is -2.18. The van der Waals surface area contributed by atoms with Crippen LogP contribution in [-0.2, 0) is 4.79 Å². The first-order chi connectivity index (χ1) is 10.2. The number of fused-ring (bicyclic) bond motifs is 1. The van der Waals surface area contributed by atoms with Crippen LogP contribution >= 0.6 is 0 Å². The first kappa shape index (κ1) is 15.1.